The van der Waals surface area contributed by atoms with Crippen LogP contribution in [0, 0.1) is 0 Å². The van der Waals surface area contributed by atoms with Crippen LogP contribution in [0.15, 0.2) is 42.5 Å². The van der Waals surface area contributed by atoms with Gasteiger partial charge in [0.1, 0.15) is 5.82 Å². The standard InChI is InChI=1S/C18H20N4O/c1-4-17-20-15-9-8-13(11-16(15)21-17)19-18(23)12-6-5-7-14(10-12)22(2)3/h5-11H,4H2,1-3H3,(H,19,23)(H,20,21). The number of rotatable bonds is 4. The van der Waals surface area contributed by atoms with Gasteiger partial charge in [-0.1, -0.05) is 13.0 Å². The van der Waals surface area contributed by atoms with Gasteiger partial charge in [-0.15, -0.1) is 0 Å². The number of nitrogens with zero attached hydrogens (tertiary/aromatic N) is 2. The summed E-state index contributed by atoms with van der Waals surface area (Å²) in [4.78, 5) is 22.1. The average molecular weight is 308 g/mol. The zero-order valence-corrected chi connectivity index (χ0v) is 13.6. The third-order valence-corrected chi connectivity index (χ3v) is 3.75. The minimum Gasteiger partial charge on any atom is -0.378 e. The summed E-state index contributed by atoms with van der Waals surface area (Å²) in [5.41, 5.74) is 4.23. The van der Waals surface area contributed by atoms with E-state index in [0.29, 0.717) is 5.56 Å². The molecule has 0 aliphatic rings. The zero-order chi connectivity index (χ0) is 16.4. The van der Waals surface area contributed by atoms with Gasteiger partial charge in [0.2, 0.25) is 0 Å². The number of H-pyrrole nitrogens is 1. The van der Waals surface area contributed by atoms with Crippen molar-refractivity contribution < 1.29 is 4.79 Å². The predicted molar refractivity (Wildman–Crippen MR) is 94.2 cm³/mol. The Kier molecular flexibility index (Phi) is 4.02. The lowest BCUT2D eigenvalue weighted by Crippen LogP contribution is -2.14. The van der Waals surface area contributed by atoms with Crippen molar-refractivity contribution in [2.24, 2.45) is 0 Å². The van der Waals surface area contributed by atoms with Crippen molar-refractivity contribution in [2.75, 3.05) is 24.3 Å². The molecule has 3 aromatic rings. The number of imidazole rings is 1. The number of carbonyl (C=O) groups excluding carboxylic acids is 1. The molecule has 23 heavy (non-hydrogen) atoms. The van der Waals surface area contributed by atoms with Crippen LogP contribution >= 0.6 is 0 Å². The number of hydrogen-bond donors (Lipinski definition) is 2. The Balaban J connectivity index is 1.83. The fourth-order valence-electron chi connectivity index (χ4n) is 2.44. The highest BCUT2D eigenvalue weighted by molar-refractivity contribution is 6.05. The van der Waals surface area contributed by atoms with Crippen LogP contribution in [0.3, 0.4) is 0 Å². The van der Waals surface area contributed by atoms with Gasteiger partial charge in [-0.05, 0) is 36.4 Å². The maximum atomic E-state index is 12.4. The lowest BCUT2D eigenvalue weighted by molar-refractivity contribution is 0.102. The number of nitrogens with one attached hydrogen (secondary N) is 2. The number of fused-ring (bicyclic) bond motifs is 1. The summed E-state index contributed by atoms with van der Waals surface area (Å²) in [7, 11) is 3.91. The summed E-state index contributed by atoms with van der Waals surface area (Å²) >= 11 is 0. The molecule has 5 heteroatoms. The molecule has 118 valence electrons. The van der Waals surface area contributed by atoms with Crippen LogP contribution < -0.4 is 10.2 Å². The molecule has 3 rings (SSSR count). The Labute approximate surface area is 135 Å². The lowest BCUT2D eigenvalue weighted by Gasteiger charge is -2.13. The van der Waals surface area contributed by atoms with Crippen LogP contribution in [0.2, 0.25) is 0 Å². The monoisotopic (exact) mass is 308 g/mol. The van der Waals surface area contributed by atoms with Crippen LogP contribution in [0.5, 0.6) is 0 Å². The van der Waals surface area contributed by atoms with Gasteiger partial charge in [0, 0.05) is 37.5 Å². The molecular weight excluding hydrogens is 288 g/mol. The number of carbonyl (C=O) groups is 1. The topological polar surface area (TPSA) is 61.0 Å². The van der Waals surface area contributed by atoms with Crippen LogP contribution in [-0.4, -0.2) is 30.0 Å². The number of aromatic nitrogens is 2. The van der Waals surface area contributed by atoms with Crippen molar-refractivity contribution in [1.29, 1.82) is 0 Å². The van der Waals surface area contributed by atoms with Gasteiger partial charge < -0.3 is 15.2 Å². The lowest BCUT2D eigenvalue weighted by atomic mass is 10.1. The highest BCUT2D eigenvalue weighted by Crippen LogP contribution is 2.19. The molecule has 0 aliphatic carbocycles. The van der Waals surface area contributed by atoms with Crippen molar-refractivity contribution in [3.8, 4) is 0 Å². The highest BCUT2D eigenvalue weighted by atomic mass is 16.1. The van der Waals surface area contributed by atoms with E-state index in [-0.39, 0.29) is 5.91 Å². The summed E-state index contributed by atoms with van der Waals surface area (Å²) in [5.74, 6) is 0.824. The van der Waals surface area contributed by atoms with E-state index in [9.17, 15) is 4.79 Å². The zero-order valence-electron chi connectivity index (χ0n) is 13.6. The summed E-state index contributed by atoms with van der Waals surface area (Å²) in [6.07, 6.45) is 0.855. The molecule has 2 N–H and O–H groups in total. The van der Waals surface area contributed by atoms with Crippen LogP contribution in [0.25, 0.3) is 11.0 Å². The second-order valence-electron chi connectivity index (χ2n) is 5.67. The molecule has 0 aliphatic heterocycles. The first-order valence-corrected chi connectivity index (χ1v) is 7.64. The van der Waals surface area contributed by atoms with E-state index < -0.39 is 0 Å². The number of aryl methyl sites for hydroxylation is 1. The van der Waals surface area contributed by atoms with E-state index in [2.05, 4.69) is 22.2 Å². The number of hydrogen-bond acceptors (Lipinski definition) is 3. The molecular formula is C18H20N4O. The number of amides is 1. The van der Waals surface area contributed by atoms with E-state index in [1.807, 2.05) is 61.5 Å². The molecule has 1 aromatic heterocycles. The normalized spacial score (nSPS) is 10.7. The smallest absolute Gasteiger partial charge is 0.255 e. The van der Waals surface area contributed by atoms with Gasteiger partial charge in [0.25, 0.3) is 5.91 Å². The van der Waals surface area contributed by atoms with Crippen molar-refractivity contribution in [3.05, 3.63) is 53.9 Å². The average Bonchev–Trinajstić information content (AvgIpc) is 2.97. The van der Waals surface area contributed by atoms with Crippen LogP contribution in [0.4, 0.5) is 11.4 Å². The summed E-state index contributed by atoms with van der Waals surface area (Å²) in [5, 5.41) is 2.94. The van der Waals surface area contributed by atoms with Crippen molar-refractivity contribution in [2.45, 2.75) is 13.3 Å². The molecule has 1 heterocycles. The van der Waals surface area contributed by atoms with Gasteiger partial charge in [0.15, 0.2) is 0 Å². The Morgan fingerprint density at radius 2 is 2.04 bits per heavy atom. The minimum absolute atomic E-state index is 0.122. The van der Waals surface area contributed by atoms with Gasteiger partial charge in [-0.2, -0.15) is 0 Å². The second-order valence-corrected chi connectivity index (χ2v) is 5.67. The summed E-state index contributed by atoms with van der Waals surface area (Å²) < 4.78 is 0. The SMILES string of the molecule is CCc1nc2ccc(NC(=O)c3cccc(N(C)C)c3)cc2[nH]1. The molecule has 0 radical (unpaired) electrons. The van der Waals surface area contributed by atoms with Crippen molar-refractivity contribution >= 4 is 28.3 Å². The highest BCUT2D eigenvalue weighted by Gasteiger charge is 2.09. The fraction of sp³-hybridized carbons (Fsp3) is 0.222. The number of benzene rings is 2. The predicted octanol–water partition coefficient (Wildman–Crippen LogP) is 3.44. The number of aromatic amines is 1. The van der Waals surface area contributed by atoms with Crippen LogP contribution in [-0.2, 0) is 6.42 Å². The first-order valence-electron chi connectivity index (χ1n) is 7.64. The largest absolute Gasteiger partial charge is 0.378 e. The molecule has 5 nitrogen and oxygen atoms in total. The Morgan fingerprint density at radius 3 is 2.78 bits per heavy atom. The maximum Gasteiger partial charge on any atom is 0.255 e. The second kappa shape index (κ2) is 6.12. The third-order valence-electron chi connectivity index (χ3n) is 3.75. The van der Waals surface area contributed by atoms with Crippen molar-refractivity contribution in [3.63, 3.8) is 0 Å². The van der Waals surface area contributed by atoms with Crippen molar-refractivity contribution in [1.82, 2.24) is 9.97 Å². The molecule has 2 aromatic carbocycles. The molecule has 1 amide bonds. The van der Waals surface area contributed by atoms with Gasteiger partial charge in [0.05, 0.1) is 11.0 Å². The Hall–Kier alpha value is -2.82. The molecule has 0 unspecified atom stereocenters. The van der Waals surface area contributed by atoms with E-state index in [1.165, 1.54) is 0 Å². The number of anilines is 2. The first-order chi connectivity index (χ1) is 11.1. The van der Waals surface area contributed by atoms with E-state index >= 15 is 0 Å². The van der Waals surface area contributed by atoms with E-state index in [4.69, 9.17) is 0 Å². The molecule has 0 spiro atoms. The first kappa shape index (κ1) is 15.1. The maximum absolute atomic E-state index is 12.4. The van der Waals surface area contributed by atoms with Gasteiger partial charge in [-0.3, -0.25) is 4.79 Å². The molecule has 0 saturated carbocycles. The Morgan fingerprint density at radius 1 is 1.22 bits per heavy atom. The van der Waals surface area contributed by atoms with E-state index in [0.717, 1.165) is 34.7 Å². The van der Waals surface area contributed by atoms with Gasteiger partial charge in [-0.25, -0.2) is 4.98 Å². The van der Waals surface area contributed by atoms with Crippen LogP contribution in [0.1, 0.15) is 23.1 Å². The Bertz CT molecular complexity index is 851. The fourth-order valence-corrected chi connectivity index (χ4v) is 2.44. The van der Waals surface area contributed by atoms with Gasteiger partial charge >= 0.3 is 0 Å². The molecule has 0 saturated heterocycles. The molecule has 0 bridgehead atoms. The quantitative estimate of drug-likeness (QED) is 0.776. The molecule has 0 fully saturated rings. The minimum atomic E-state index is -0.122. The molecule has 0 atom stereocenters. The third kappa shape index (κ3) is 3.18. The summed E-state index contributed by atoms with van der Waals surface area (Å²) in [6, 6.07) is 13.2. The van der Waals surface area contributed by atoms with E-state index in [1.54, 1.807) is 0 Å². The summed E-state index contributed by atoms with van der Waals surface area (Å²) in [6.45, 7) is 2.05.